The van der Waals surface area contributed by atoms with Gasteiger partial charge >= 0.3 is 0 Å². The zero-order valence-electron chi connectivity index (χ0n) is 9.93. The van der Waals surface area contributed by atoms with E-state index in [1.165, 1.54) is 5.56 Å². The maximum Gasteiger partial charge on any atom is 0.115 e. The number of phenols is 1. The second kappa shape index (κ2) is 4.00. The lowest BCUT2D eigenvalue weighted by Crippen LogP contribution is -2.38. The summed E-state index contributed by atoms with van der Waals surface area (Å²) in [6.07, 6.45) is 3.25. The van der Waals surface area contributed by atoms with Gasteiger partial charge in [0.05, 0.1) is 0 Å². The fraction of sp³-hybridized carbons (Fsp3) is 0.571. The summed E-state index contributed by atoms with van der Waals surface area (Å²) in [5.41, 5.74) is 7.75. The van der Waals surface area contributed by atoms with Crippen LogP contribution in [0.3, 0.4) is 0 Å². The van der Waals surface area contributed by atoms with Gasteiger partial charge in [0.2, 0.25) is 0 Å². The Labute approximate surface area is 102 Å². The molecule has 0 spiro atoms. The van der Waals surface area contributed by atoms with Gasteiger partial charge in [-0.25, -0.2) is 0 Å². The average molecular weight is 233 g/mol. The van der Waals surface area contributed by atoms with E-state index in [9.17, 15) is 5.11 Å². The molecule has 0 bridgehead atoms. The first-order valence-corrected chi connectivity index (χ1v) is 6.36. The van der Waals surface area contributed by atoms with Crippen LogP contribution in [0.1, 0.15) is 30.7 Å². The molecule has 0 aromatic heterocycles. The molecule has 3 nitrogen and oxygen atoms in total. The molecule has 1 aromatic carbocycles. The monoisotopic (exact) mass is 233 g/mol. The molecule has 2 fully saturated rings. The Bertz CT molecular complexity index is 397. The van der Waals surface area contributed by atoms with Crippen LogP contribution in [0.2, 0.25) is 0 Å². The summed E-state index contributed by atoms with van der Waals surface area (Å²) < 4.78 is 5.39. The molecule has 2 atom stereocenters. The summed E-state index contributed by atoms with van der Waals surface area (Å²) in [4.78, 5) is 0. The Hall–Kier alpha value is -1.06. The van der Waals surface area contributed by atoms with E-state index in [4.69, 9.17) is 10.5 Å². The van der Waals surface area contributed by atoms with Gasteiger partial charge in [-0.05, 0) is 42.9 Å². The SMILES string of the molecule is NC1(C2CCOCC2)CC1c1ccc(O)cc1. The third kappa shape index (κ3) is 1.94. The Kier molecular flexibility index (Phi) is 2.60. The zero-order valence-corrected chi connectivity index (χ0v) is 9.93. The van der Waals surface area contributed by atoms with Crippen LogP contribution in [-0.4, -0.2) is 23.9 Å². The fourth-order valence-corrected chi connectivity index (χ4v) is 3.12. The summed E-state index contributed by atoms with van der Waals surface area (Å²) in [7, 11) is 0. The summed E-state index contributed by atoms with van der Waals surface area (Å²) in [6.45, 7) is 1.71. The van der Waals surface area contributed by atoms with E-state index >= 15 is 0 Å². The molecule has 1 aliphatic heterocycles. The first kappa shape index (κ1) is 11.1. The van der Waals surface area contributed by atoms with Crippen molar-refractivity contribution in [3.05, 3.63) is 29.8 Å². The molecular formula is C14H19NO2. The topological polar surface area (TPSA) is 55.5 Å². The lowest BCUT2D eigenvalue weighted by molar-refractivity contribution is 0.0544. The van der Waals surface area contributed by atoms with Crippen molar-refractivity contribution in [2.24, 2.45) is 11.7 Å². The lowest BCUT2D eigenvalue weighted by Gasteiger charge is -2.28. The quantitative estimate of drug-likeness (QED) is 0.821. The number of rotatable bonds is 2. The summed E-state index contributed by atoms with van der Waals surface area (Å²) >= 11 is 0. The minimum absolute atomic E-state index is 0.0270. The summed E-state index contributed by atoms with van der Waals surface area (Å²) in [5, 5.41) is 9.29. The van der Waals surface area contributed by atoms with E-state index in [0.29, 0.717) is 17.6 Å². The predicted molar refractivity (Wildman–Crippen MR) is 65.9 cm³/mol. The molecule has 3 rings (SSSR count). The highest BCUT2D eigenvalue weighted by molar-refractivity contribution is 5.37. The standard InChI is InChI=1S/C14H19NO2/c15-14(11-5-7-17-8-6-11)9-13(14)10-1-3-12(16)4-2-10/h1-4,11,13,16H,5-9,15H2. The van der Waals surface area contributed by atoms with Crippen LogP contribution in [0.4, 0.5) is 0 Å². The molecular weight excluding hydrogens is 214 g/mol. The van der Waals surface area contributed by atoms with Gasteiger partial charge in [0.15, 0.2) is 0 Å². The number of hydrogen-bond donors (Lipinski definition) is 2. The molecule has 1 saturated carbocycles. The first-order valence-electron chi connectivity index (χ1n) is 6.36. The van der Waals surface area contributed by atoms with Gasteiger partial charge in [0.1, 0.15) is 5.75 Å². The van der Waals surface area contributed by atoms with E-state index in [2.05, 4.69) is 0 Å². The Morgan fingerprint density at radius 3 is 2.47 bits per heavy atom. The van der Waals surface area contributed by atoms with E-state index in [1.807, 2.05) is 12.1 Å². The third-order valence-corrected chi connectivity index (χ3v) is 4.32. The number of hydrogen-bond acceptors (Lipinski definition) is 3. The van der Waals surface area contributed by atoms with Gasteiger partial charge in [0, 0.05) is 24.7 Å². The molecule has 1 aromatic rings. The average Bonchev–Trinajstić information content (AvgIpc) is 3.05. The van der Waals surface area contributed by atoms with Crippen LogP contribution in [0.5, 0.6) is 5.75 Å². The van der Waals surface area contributed by atoms with Gasteiger partial charge in [-0.2, -0.15) is 0 Å². The van der Waals surface area contributed by atoms with Crippen LogP contribution < -0.4 is 5.73 Å². The number of benzene rings is 1. The van der Waals surface area contributed by atoms with Crippen molar-refractivity contribution in [2.75, 3.05) is 13.2 Å². The third-order valence-electron chi connectivity index (χ3n) is 4.32. The minimum Gasteiger partial charge on any atom is -0.508 e. The molecule has 3 N–H and O–H groups in total. The van der Waals surface area contributed by atoms with Crippen molar-refractivity contribution >= 4 is 0 Å². The van der Waals surface area contributed by atoms with Gasteiger partial charge in [-0.1, -0.05) is 12.1 Å². The molecule has 0 amide bonds. The van der Waals surface area contributed by atoms with Crippen LogP contribution in [0.25, 0.3) is 0 Å². The fourth-order valence-electron chi connectivity index (χ4n) is 3.12. The Morgan fingerprint density at radius 2 is 1.82 bits per heavy atom. The van der Waals surface area contributed by atoms with Crippen LogP contribution in [0, 0.1) is 5.92 Å². The van der Waals surface area contributed by atoms with Crippen molar-refractivity contribution in [3.8, 4) is 5.75 Å². The molecule has 0 radical (unpaired) electrons. The molecule has 1 saturated heterocycles. The van der Waals surface area contributed by atoms with Crippen LogP contribution in [0.15, 0.2) is 24.3 Å². The minimum atomic E-state index is -0.0270. The smallest absolute Gasteiger partial charge is 0.115 e. The summed E-state index contributed by atoms with van der Waals surface area (Å²) in [6, 6.07) is 7.48. The molecule has 92 valence electrons. The molecule has 3 heteroatoms. The Balaban J connectivity index is 1.73. The van der Waals surface area contributed by atoms with Crippen molar-refractivity contribution in [1.29, 1.82) is 0 Å². The normalized spacial score (nSPS) is 33.6. The molecule has 2 unspecified atom stereocenters. The highest BCUT2D eigenvalue weighted by atomic mass is 16.5. The Morgan fingerprint density at radius 1 is 1.18 bits per heavy atom. The van der Waals surface area contributed by atoms with E-state index < -0.39 is 0 Å². The predicted octanol–water partition coefficient (Wildman–Crippen LogP) is 2.00. The van der Waals surface area contributed by atoms with Crippen molar-refractivity contribution in [2.45, 2.75) is 30.7 Å². The van der Waals surface area contributed by atoms with E-state index in [-0.39, 0.29) is 5.54 Å². The van der Waals surface area contributed by atoms with Crippen molar-refractivity contribution in [1.82, 2.24) is 0 Å². The number of aromatic hydroxyl groups is 1. The lowest BCUT2D eigenvalue weighted by atomic mass is 9.87. The van der Waals surface area contributed by atoms with Gasteiger partial charge in [-0.3, -0.25) is 0 Å². The maximum atomic E-state index is 9.29. The molecule has 2 aliphatic rings. The van der Waals surface area contributed by atoms with Gasteiger partial charge < -0.3 is 15.6 Å². The second-order valence-electron chi connectivity index (χ2n) is 5.35. The highest BCUT2D eigenvalue weighted by Gasteiger charge is 2.56. The first-order chi connectivity index (χ1) is 8.20. The van der Waals surface area contributed by atoms with Crippen LogP contribution in [-0.2, 0) is 4.74 Å². The van der Waals surface area contributed by atoms with E-state index in [1.54, 1.807) is 12.1 Å². The number of phenolic OH excluding ortho intramolecular Hbond substituents is 1. The highest BCUT2D eigenvalue weighted by Crippen LogP contribution is 2.56. The van der Waals surface area contributed by atoms with Crippen molar-refractivity contribution in [3.63, 3.8) is 0 Å². The molecule has 1 aliphatic carbocycles. The number of ether oxygens (including phenoxy) is 1. The maximum absolute atomic E-state index is 9.29. The van der Waals surface area contributed by atoms with Crippen LogP contribution >= 0.6 is 0 Å². The second-order valence-corrected chi connectivity index (χ2v) is 5.35. The van der Waals surface area contributed by atoms with Gasteiger partial charge in [-0.15, -0.1) is 0 Å². The van der Waals surface area contributed by atoms with Gasteiger partial charge in [0.25, 0.3) is 0 Å². The van der Waals surface area contributed by atoms with E-state index in [0.717, 1.165) is 32.5 Å². The number of nitrogens with two attached hydrogens (primary N) is 1. The zero-order chi connectivity index (χ0) is 11.9. The molecule has 17 heavy (non-hydrogen) atoms. The summed E-state index contributed by atoms with van der Waals surface area (Å²) in [5.74, 6) is 1.38. The molecule has 1 heterocycles. The van der Waals surface area contributed by atoms with Crippen molar-refractivity contribution < 1.29 is 9.84 Å². The largest absolute Gasteiger partial charge is 0.508 e.